The summed E-state index contributed by atoms with van der Waals surface area (Å²) in [5, 5.41) is 14.0. The summed E-state index contributed by atoms with van der Waals surface area (Å²) in [4.78, 5) is 27.1. The lowest BCUT2D eigenvalue weighted by Crippen LogP contribution is -2.11. The quantitative estimate of drug-likeness (QED) is 0.364. The molecule has 3 rings (SSSR count). The van der Waals surface area contributed by atoms with Crippen LogP contribution in [0.1, 0.15) is 10.4 Å². The fourth-order valence-corrected chi connectivity index (χ4v) is 3.55. The van der Waals surface area contributed by atoms with E-state index in [1.165, 1.54) is 19.2 Å². The Kier molecular flexibility index (Phi) is 4.62. The minimum atomic E-state index is -0.494. The molecule has 0 bridgehead atoms. The number of nitrogens with zero attached hydrogens (tertiary/aromatic N) is 2. The maximum Gasteiger partial charge on any atom is 0.274 e. The third-order valence-electron chi connectivity index (χ3n) is 3.18. The van der Waals surface area contributed by atoms with Gasteiger partial charge in [0.25, 0.3) is 11.6 Å². The molecule has 0 fully saturated rings. The van der Waals surface area contributed by atoms with E-state index < -0.39 is 4.92 Å². The van der Waals surface area contributed by atoms with E-state index in [2.05, 4.69) is 32.9 Å². The largest absolute Gasteiger partial charge is 0.494 e. The zero-order chi connectivity index (χ0) is 17.3. The van der Waals surface area contributed by atoms with Crippen molar-refractivity contribution < 1.29 is 14.5 Å². The molecule has 0 radical (unpaired) electrons. The molecule has 0 aliphatic carbocycles. The zero-order valence-corrected chi connectivity index (χ0v) is 15.3. The Balaban J connectivity index is 1.96. The molecule has 0 atom stereocenters. The number of carbonyl (C=O) groups excluding carboxylic acids is 1. The van der Waals surface area contributed by atoms with Gasteiger partial charge in [-0.1, -0.05) is 17.4 Å². The van der Waals surface area contributed by atoms with E-state index in [1.807, 2.05) is 6.07 Å². The van der Waals surface area contributed by atoms with E-state index in [0.29, 0.717) is 26.7 Å². The van der Waals surface area contributed by atoms with Gasteiger partial charge in [-0.05, 0) is 40.8 Å². The number of benzene rings is 2. The van der Waals surface area contributed by atoms with Gasteiger partial charge in [-0.3, -0.25) is 20.2 Å². The number of aromatic nitrogens is 1. The molecule has 1 aromatic heterocycles. The first-order valence-electron chi connectivity index (χ1n) is 6.68. The molecule has 1 heterocycles. The summed E-state index contributed by atoms with van der Waals surface area (Å²) in [6, 6.07) is 9.87. The Bertz CT molecular complexity index is 957. The minimum Gasteiger partial charge on any atom is -0.494 e. The van der Waals surface area contributed by atoms with Crippen LogP contribution >= 0.6 is 33.9 Å². The first-order valence-corrected chi connectivity index (χ1v) is 8.57. The van der Waals surface area contributed by atoms with Crippen molar-refractivity contribution in [3.63, 3.8) is 0 Å². The van der Waals surface area contributed by atoms with Crippen LogP contribution in [0.3, 0.4) is 0 Å². The van der Waals surface area contributed by atoms with E-state index >= 15 is 0 Å². The summed E-state index contributed by atoms with van der Waals surface area (Å²) in [5.41, 5.74) is 0.906. The topological polar surface area (TPSA) is 94.4 Å². The van der Waals surface area contributed by atoms with Crippen molar-refractivity contribution in [1.82, 2.24) is 4.98 Å². The highest BCUT2D eigenvalue weighted by Crippen LogP contribution is 2.36. The first kappa shape index (κ1) is 16.6. The smallest absolute Gasteiger partial charge is 0.274 e. The standard InChI is InChI=1S/C15H10IN3O4S/c1-23-11-6-10(19(21)22)7-12-13(11)17-15(24-12)18-14(20)8-3-2-4-9(16)5-8/h2-7H,1H3,(H,17,18,20). The molecular weight excluding hydrogens is 445 g/mol. The number of thiazole rings is 1. The highest BCUT2D eigenvalue weighted by Gasteiger charge is 2.17. The number of halogens is 1. The number of hydrogen-bond acceptors (Lipinski definition) is 6. The van der Waals surface area contributed by atoms with E-state index in [0.717, 1.165) is 14.9 Å². The number of non-ortho nitro benzene ring substituents is 1. The van der Waals surface area contributed by atoms with Gasteiger partial charge in [-0.15, -0.1) is 0 Å². The van der Waals surface area contributed by atoms with Crippen molar-refractivity contribution in [2.75, 3.05) is 12.4 Å². The summed E-state index contributed by atoms with van der Waals surface area (Å²) in [6.07, 6.45) is 0. The maximum absolute atomic E-state index is 12.3. The second-order valence-corrected chi connectivity index (χ2v) is 7.01. The number of rotatable bonds is 4. The Labute approximate surface area is 153 Å². The summed E-state index contributed by atoms with van der Waals surface area (Å²) in [7, 11) is 1.42. The molecular formula is C15H10IN3O4S. The van der Waals surface area contributed by atoms with Gasteiger partial charge >= 0.3 is 0 Å². The van der Waals surface area contributed by atoms with Crippen molar-refractivity contribution in [2.24, 2.45) is 0 Å². The van der Waals surface area contributed by atoms with Crippen molar-refractivity contribution in [3.8, 4) is 5.75 Å². The predicted molar refractivity (Wildman–Crippen MR) is 99.9 cm³/mol. The van der Waals surface area contributed by atoms with E-state index in [4.69, 9.17) is 4.74 Å². The molecule has 1 amide bonds. The summed E-state index contributed by atoms with van der Waals surface area (Å²) < 4.78 is 6.68. The van der Waals surface area contributed by atoms with Gasteiger partial charge in [-0.2, -0.15) is 0 Å². The van der Waals surface area contributed by atoms with Gasteiger partial charge in [-0.25, -0.2) is 4.98 Å². The highest BCUT2D eigenvalue weighted by molar-refractivity contribution is 14.1. The third-order valence-corrected chi connectivity index (χ3v) is 4.77. The highest BCUT2D eigenvalue weighted by atomic mass is 127. The van der Waals surface area contributed by atoms with Crippen LogP contribution in [0.5, 0.6) is 5.75 Å². The van der Waals surface area contributed by atoms with Crippen LogP contribution in [-0.2, 0) is 0 Å². The van der Waals surface area contributed by atoms with Crippen LogP contribution in [0.4, 0.5) is 10.8 Å². The fourth-order valence-electron chi connectivity index (χ4n) is 2.10. The molecule has 0 saturated heterocycles. The summed E-state index contributed by atoms with van der Waals surface area (Å²) >= 11 is 3.28. The van der Waals surface area contributed by atoms with Crippen LogP contribution in [0.15, 0.2) is 36.4 Å². The summed E-state index contributed by atoms with van der Waals surface area (Å²) in [5.74, 6) is 0.00578. The Morgan fingerprint density at radius 2 is 2.17 bits per heavy atom. The van der Waals surface area contributed by atoms with Gasteiger partial charge in [0.1, 0.15) is 5.52 Å². The fraction of sp³-hybridized carbons (Fsp3) is 0.0667. The number of amides is 1. The minimum absolute atomic E-state index is 0.0847. The van der Waals surface area contributed by atoms with E-state index in [1.54, 1.807) is 18.2 Å². The number of carbonyl (C=O) groups is 1. The van der Waals surface area contributed by atoms with Crippen molar-refractivity contribution in [1.29, 1.82) is 0 Å². The van der Waals surface area contributed by atoms with Crippen LogP contribution in [0.2, 0.25) is 0 Å². The number of fused-ring (bicyclic) bond motifs is 1. The number of nitro groups is 1. The Morgan fingerprint density at radius 1 is 1.38 bits per heavy atom. The molecule has 0 aliphatic heterocycles. The average molecular weight is 455 g/mol. The number of methoxy groups -OCH3 is 1. The Morgan fingerprint density at radius 3 is 2.83 bits per heavy atom. The van der Waals surface area contributed by atoms with Crippen LogP contribution in [-0.4, -0.2) is 22.9 Å². The summed E-state index contributed by atoms with van der Waals surface area (Å²) in [6.45, 7) is 0. The lowest BCUT2D eigenvalue weighted by atomic mass is 10.2. The molecule has 9 heteroatoms. The van der Waals surface area contributed by atoms with Gasteiger partial charge in [0.15, 0.2) is 10.9 Å². The normalized spacial score (nSPS) is 10.6. The average Bonchev–Trinajstić information content (AvgIpc) is 2.96. The molecule has 24 heavy (non-hydrogen) atoms. The number of hydrogen-bond donors (Lipinski definition) is 1. The monoisotopic (exact) mass is 455 g/mol. The lowest BCUT2D eigenvalue weighted by molar-refractivity contribution is -0.384. The number of anilines is 1. The van der Waals surface area contributed by atoms with Crippen LogP contribution in [0, 0.1) is 13.7 Å². The predicted octanol–water partition coefficient (Wildman–Crippen LogP) is 4.07. The number of ether oxygens (including phenoxy) is 1. The van der Waals surface area contributed by atoms with Gasteiger partial charge < -0.3 is 4.74 Å². The van der Waals surface area contributed by atoms with Crippen molar-refractivity contribution >= 4 is 60.9 Å². The Hall–Kier alpha value is -2.27. The van der Waals surface area contributed by atoms with Gasteiger partial charge in [0.2, 0.25) is 0 Å². The molecule has 0 spiro atoms. The second-order valence-electron chi connectivity index (χ2n) is 4.74. The van der Waals surface area contributed by atoms with E-state index in [-0.39, 0.29) is 11.6 Å². The molecule has 122 valence electrons. The van der Waals surface area contributed by atoms with Crippen LogP contribution in [0.25, 0.3) is 10.2 Å². The van der Waals surface area contributed by atoms with Crippen molar-refractivity contribution in [3.05, 3.63) is 55.6 Å². The van der Waals surface area contributed by atoms with Crippen LogP contribution < -0.4 is 10.1 Å². The third kappa shape index (κ3) is 3.31. The zero-order valence-electron chi connectivity index (χ0n) is 12.3. The first-order chi connectivity index (χ1) is 11.5. The maximum atomic E-state index is 12.3. The number of nitro benzene ring substituents is 1. The molecule has 0 aliphatic rings. The SMILES string of the molecule is COc1cc([N+](=O)[O-])cc2sc(NC(=O)c3cccc(I)c3)nc12. The van der Waals surface area contributed by atoms with Gasteiger partial charge in [0.05, 0.1) is 22.8 Å². The molecule has 2 aromatic carbocycles. The van der Waals surface area contributed by atoms with Gasteiger partial charge in [0, 0.05) is 15.2 Å². The second kappa shape index (κ2) is 6.69. The molecule has 0 unspecified atom stereocenters. The molecule has 0 saturated carbocycles. The molecule has 7 nitrogen and oxygen atoms in total. The molecule has 3 aromatic rings. The molecule has 1 N–H and O–H groups in total. The lowest BCUT2D eigenvalue weighted by Gasteiger charge is -2.01. The number of nitrogens with one attached hydrogen (secondary N) is 1. The van der Waals surface area contributed by atoms with Crippen molar-refractivity contribution in [2.45, 2.75) is 0 Å². The van der Waals surface area contributed by atoms with E-state index in [9.17, 15) is 14.9 Å².